The molecule has 3 heteroatoms. The zero-order valence-electron chi connectivity index (χ0n) is 12.4. The molecule has 0 radical (unpaired) electrons. The van der Waals surface area contributed by atoms with E-state index in [0.29, 0.717) is 6.04 Å². The van der Waals surface area contributed by atoms with E-state index in [4.69, 9.17) is 0 Å². The monoisotopic (exact) mass is 260 g/mol. The number of rotatable bonds is 2. The number of hydrogen-bond acceptors (Lipinski definition) is 3. The van der Waals surface area contributed by atoms with E-state index in [1.54, 1.807) is 6.92 Å². The van der Waals surface area contributed by atoms with Gasteiger partial charge in [0.25, 0.3) is 0 Å². The summed E-state index contributed by atoms with van der Waals surface area (Å²) in [5.74, 6) is 0.127. The molecule has 1 aliphatic rings. The zero-order valence-corrected chi connectivity index (χ0v) is 12.4. The van der Waals surface area contributed by atoms with Crippen LogP contribution in [0.5, 0.6) is 0 Å². The second-order valence-electron chi connectivity index (χ2n) is 6.25. The van der Waals surface area contributed by atoms with Crippen molar-refractivity contribution in [2.45, 2.75) is 45.7 Å². The molecule has 1 fully saturated rings. The lowest BCUT2D eigenvalue weighted by atomic mass is 10.0. The van der Waals surface area contributed by atoms with Crippen LogP contribution in [0.3, 0.4) is 0 Å². The Bertz CT molecular complexity index is 468. The molecule has 104 valence electrons. The normalized spacial score (nSPS) is 22.9. The molecule has 2 rings (SSSR count). The molecule has 0 spiro atoms. The summed E-state index contributed by atoms with van der Waals surface area (Å²) >= 11 is 0. The van der Waals surface area contributed by atoms with Crippen molar-refractivity contribution < 1.29 is 4.79 Å². The van der Waals surface area contributed by atoms with Gasteiger partial charge in [0.15, 0.2) is 5.78 Å². The van der Waals surface area contributed by atoms with E-state index in [9.17, 15) is 4.79 Å². The topological polar surface area (TPSA) is 32.3 Å². The number of anilines is 1. The number of carbonyl (C=O) groups excluding carboxylic acids is 1. The maximum Gasteiger partial charge on any atom is 0.159 e. The Kier molecular flexibility index (Phi) is 3.95. The quantitative estimate of drug-likeness (QED) is 0.830. The summed E-state index contributed by atoms with van der Waals surface area (Å²) in [6.07, 6.45) is 1.12. The van der Waals surface area contributed by atoms with Crippen LogP contribution in [0.4, 0.5) is 5.69 Å². The van der Waals surface area contributed by atoms with Gasteiger partial charge in [0.2, 0.25) is 0 Å². The first-order valence-corrected chi connectivity index (χ1v) is 7.01. The average Bonchev–Trinajstić information content (AvgIpc) is 2.47. The van der Waals surface area contributed by atoms with E-state index in [1.807, 2.05) is 18.2 Å². The van der Waals surface area contributed by atoms with Crippen LogP contribution < -0.4 is 10.2 Å². The Balaban J connectivity index is 2.25. The SMILES string of the molecule is CC(=O)c1cccc(N2CCC(C)NC(C)(C)C2)c1. The summed E-state index contributed by atoms with van der Waals surface area (Å²) in [7, 11) is 0. The summed E-state index contributed by atoms with van der Waals surface area (Å²) in [6.45, 7) is 10.3. The molecule has 0 aromatic heterocycles. The summed E-state index contributed by atoms with van der Waals surface area (Å²) in [5, 5.41) is 3.65. The van der Waals surface area contributed by atoms with Crippen LogP contribution in [-0.2, 0) is 0 Å². The Hall–Kier alpha value is -1.35. The van der Waals surface area contributed by atoms with Crippen LogP contribution in [0, 0.1) is 0 Å². The third-order valence-corrected chi connectivity index (χ3v) is 3.67. The van der Waals surface area contributed by atoms with Crippen molar-refractivity contribution >= 4 is 11.5 Å². The Labute approximate surface area is 116 Å². The molecule has 1 unspecified atom stereocenters. The molecule has 1 atom stereocenters. The number of Topliss-reactive ketones (excluding diaryl/α,β-unsaturated/α-hetero) is 1. The first-order chi connectivity index (χ1) is 8.87. The summed E-state index contributed by atoms with van der Waals surface area (Å²) in [4.78, 5) is 13.9. The van der Waals surface area contributed by atoms with Gasteiger partial charge in [0.05, 0.1) is 0 Å². The summed E-state index contributed by atoms with van der Waals surface area (Å²) < 4.78 is 0. The van der Waals surface area contributed by atoms with E-state index >= 15 is 0 Å². The summed E-state index contributed by atoms with van der Waals surface area (Å²) in [6, 6.07) is 8.49. The second-order valence-corrected chi connectivity index (χ2v) is 6.25. The molecule has 3 nitrogen and oxygen atoms in total. The maximum absolute atomic E-state index is 11.5. The molecule has 1 heterocycles. The number of ketones is 1. The van der Waals surface area contributed by atoms with E-state index in [0.717, 1.165) is 30.8 Å². The van der Waals surface area contributed by atoms with Gasteiger partial charge >= 0.3 is 0 Å². The van der Waals surface area contributed by atoms with Gasteiger partial charge in [-0.15, -0.1) is 0 Å². The highest BCUT2D eigenvalue weighted by Crippen LogP contribution is 2.22. The number of benzene rings is 1. The molecule has 1 N–H and O–H groups in total. The minimum Gasteiger partial charge on any atom is -0.370 e. The van der Waals surface area contributed by atoms with Crippen LogP contribution >= 0.6 is 0 Å². The standard InChI is InChI=1S/C16H24N2O/c1-12-8-9-18(11-16(3,4)17-12)15-7-5-6-14(10-15)13(2)19/h5-7,10,12,17H,8-9,11H2,1-4H3. The smallest absolute Gasteiger partial charge is 0.159 e. The van der Waals surface area contributed by atoms with Gasteiger partial charge < -0.3 is 10.2 Å². The lowest BCUT2D eigenvalue weighted by Crippen LogP contribution is -2.48. The lowest BCUT2D eigenvalue weighted by Gasteiger charge is -2.32. The Morgan fingerprint density at radius 3 is 2.84 bits per heavy atom. The van der Waals surface area contributed by atoms with Crippen LogP contribution in [0.2, 0.25) is 0 Å². The van der Waals surface area contributed by atoms with Crippen molar-refractivity contribution in [3.63, 3.8) is 0 Å². The van der Waals surface area contributed by atoms with Crippen molar-refractivity contribution in [3.8, 4) is 0 Å². The van der Waals surface area contributed by atoms with E-state index in [2.05, 4.69) is 37.1 Å². The molecule has 0 bridgehead atoms. The lowest BCUT2D eigenvalue weighted by molar-refractivity contribution is 0.101. The average molecular weight is 260 g/mol. The molecule has 19 heavy (non-hydrogen) atoms. The third-order valence-electron chi connectivity index (χ3n) is 3.67. The zero-order chi connectivity index (χ0) is 14.0. The van der Waals surface area contributed by atoms with Crippen molar-refractivity contribution in [2.24, 2.45) is 0 Å². The number of nitrogens with one attached hydrogen (secondary N) is 1. The minimum atomic E-state index is 0.0855. The minimum absolute atomic E-state index is 0.0855. The molecule has 0 amide bonds. The number of hydrogen-bond donors (Lipinski definition) is 1. The first kappa shape index (κ1) is 14.1. The van der Waals surface area contributed by atoms with Crippen LogP contribution in [0.15, 0.2) is 24.3 Å². The van der Waals surface area contributed by atoms with Gasteiger partial charge in [-0.05, 0) is 46.2 Å². The summed E-state index contributed by atoms with van der Waals surface area (Å²) in [5.41, 5.74) is 2.03. The second kappa shape index (κ2) is 5.33. The molecule has 1 aromatic rings. The van der Waals surface area contributed by atoms with Gasteiger partial charge in [-0.25, -0.2) is 0 Å². The highest BCUT2D eigenvalue weighted by Gasteiger charge is 2.27. The predicted molar refractivity (Wildman–Crippen MR) is 80.0 cm³/mol. The fourth-order valence-electron chi connectivity index (χ4n) is 2.83. The molecule has 1 saturated heterocycles. The van der Waals surface area contributed by atoms with Gasteiger partial charge in [-0.3, -0.25) is 4.79 Å². The molecular weight excluding hydrogens is 236 g/mol. The maximum atomic E-state index is 11.5. The third kappa shape index (κ3) is 3.57. The van der Waals surface area contributed by atoms with Gasteiger partial charge in [0, 0.05) is 35.9 Å². The first-order valence-electron chi connectivity index (χ1n) is 7.01. The largest absolute Gasteiger partial charge is 0.370 e. The molecule has 0 saturated carbocycles. The fourth-order valence-corrected chi connectivity index (χ4v) is 2.83. The molecule has 1 aromatic carbocycles. The van der Waals surface area contributed by atoms with Crippen molar-refractivity contribution in [1.82, 2.24) is 5.32 Å². The van der Waals surface area contributed by atoms with E-state index in [-0.39, 0.29) is 11.3 Å². The Morgan fingerprint density at radius 2 is 2.16 bits per heavy atom. The van der Waals surface area contributed by atoms with Crippen molar-refractivity contribution in [1.29, 1.82) is 0 Å². The van der Waals surface area contributed by atoms with Crippen LogP contribution in [0.1, 0.15) is 44.5 Å². The van der Waals surface area contributed by atoms with E-state index in [1.165, 1.54) is 0 Å². The van der Waals surface area contributed by atoms with Gasteiger partial charge in [0.1, 0.15) is 0 Å². The van der Waals surface area contributed by atoms with Crippen LogP contribution in [-0.4, -0.2) is 30.5 Å². The highest BCUT2D eigenvalue weighted by molar-refractivity contribution is 5.94. The molecule has 1 aliphatic heterocycles. The predicted octanol–water partition coefficient (Wildman–Crippen LogP) is 2.86. The molecule has 0 aliphatic carbocycles. The van der Waals surface area contributed by atoms with Crippen LogP contribution in [0.25, 0.3) is 0 Å². The fraction of sp³-hybridized carbons (Fsp3) is 0.562. The van der Waals surface area contributed by atoms with E-state index < -0.39 is 0 Å². The van der Waals surface area contributed by atoms with Crippen molar-refractivity contribution in [3.05, 3.63) is 29.8 Å². The number of carbonyl (C=O) groups is 1. The van der Waals surface area contributed by atoms with Crippen molar-refractivity contribution in [2.75, 3.05) is 18.0 Å². The van der Waals surface area contributed by atoms with Gasteiger partial charge in [-0.2, -0.15) is 0 Å². The molecular formula is C16H24N2O. The highest BCUT2D eigenvalue weighted by atomic mass is 16.1. The van der Waals surface area contributed by atoms with Gasteiger partial charge in [-0.1, -0.05) is 12.1 Å². The Morgan fingerprint density at radius 1 is 1.42 bits per heavy atom. The number of nitrogens with zero attached hydrogens (tertiary/aromatic N) is 1.